The third kappa shape index (κ3) is 4.18. The molecule has 0 unspecified atom stereocenters. The molecule has 0 radical (unpaired) electrons. The highest BCUT2D eigenvalue weighted by Gasteiger charge is 2.42. The summed E-state index contributed by atoms with van der Waals surface area (Å²) < 4.78 is 5.30. The molecule has 6 heteroatoms. The highest BCUT2D eigenvalue weighted by Crippen LogP contribution is 2.26. The largest absolute Gasteiger partial charge is 0.480 e. The molecule has 2 heterocycles. The monoisotopic (exact) mass is 284 g/mol. The average Bonchev–Trinajstić information content (AvgIpc) is 2.40. The Balaban J connectivity index is 1.64. The van der Waals surface area contributed by atoms with Crippen LogP contribution in [0.3, 0.4) is 0 Å². The molecule has 114 valence electrons. The molecule has 0 aromatic carbocycles. The first-order valence-corrected chi connectivity index (χ1v) is 7.33. The van der Waals surface area contributed by atoms with Gasteiger partial charge in [0.05, 0.1) is 13.1 Å². The Morgan fingerprint density at radius 3 is 2.60 bits per heavy atom. The molecule has 0 aromatic heterocycles. The fraction of sp³-hybridized carbons (Fsp3) is 0.857. The van der Waals surface area contributed by atoms with Crippen LogP contribution in [-0.2, 0) is 14.3 Å². The Bertz CT molecular complexity index is 360. The van der Waals surface area contributed by atoms with Crippen LogP contribution in [0.5, 0.6) is 0 Å². The minimum absolute atomic E-state index is 0.167. The summed E-state index contributed by atoms with van der Waals surface area (Å²) in [4.78, 5) is 24.3. The second-order valence-electron chi connectivity index (χ2n) is 6.11. The molecule has 2 aliphatic heterocycles. The van der Waals surface area contributed by atoms with E-state index in [1.54, 1.807) is 4.90 Å². The molecular formula is C14H24N2O4. The van der Waals surface area contributed by atoms with Gasteiger partial charge in [0.1, 0.15) is 12.2 Å². The number of carbonyl (C=O) groups excluding carboxylic acids is 1. The van der Waals surface area contributed by atoms with Gasteiger partial charge in [0.25, 0.3) is 0 Å². The molecule has 2 rings (SSSR count). The first-order valence-electron chi connectivity index (χ1n) is 7.33. The number of piperidine rings is 1. The smallest absolute Gasteiger partial charge is 0.329 e. The summed E-state index contributed by atoms with van der Waals surface area (Å²) in [5, 5.41) is 11.9. The summed E-state index contributed by atoms with van der Waals surface area (Å²) in [6.07, 6.45) is 3.88. The Morgan fingerprint density at radius 2 is 2.00 bits per heavy atom. The second kappa shape index (κ2) is 6.54. The molecule has 2 saturated heterocycles. The van der Waals surface area contributed by atoms with Crippen LogP contribution >= 0.6 is 0 Å². The molecule has 2 fully saturated rings. The van der Waals surface area contributed by atoms with E-state index in [0.717, 1.165) is 32.4 Å². The number of carboxylic acids is 1. The molecule has 0 atom stereocenters. The van der Waals surface area contributed by atoms with Crippen molar-refractivity contribution in [3.8, 4) is 0 Å². The maximum atomic E-state index is 12.0. The van der Waals surface area contributed by atoms with Crippen molar-refractivity contribution in [3.63, 3.8) is 0 Å². The average molecular weight is 284 g/mol. The molecule has 0 bridgehead atoms. The molecule has 1 amide bonds. The lowest BCUT2D eigenvalue weighted by Gasteiger charge is -2.47. The van der Waals surface area contributed by atoms with Crippen LogP contribution in [0.15, 0.2) is 0 Å². The van der Waals surface area contributed by atoms with Crippen molar-refractivity contribution in [2.24, 2.45) is 5.92 Å². The number of likely N-dealkylation sites (tertiary alicyclic amines) is 1. The van der Waals surface area contributed by atoms with Crippen LogP contribution in [-0.4, -0.2) is 60.3 Å². The predicted molar refractivity (Wildman–Crippen MR) is 73.4 cm³/mol. The highest BCUT2D eigenvalue weighted by molar-refractivity contribution is 5.77. The minimum Gasteiger partial charge on any atom is -0.480 e. The number of rotatable bonds is 6. The van der Waals surface area contributed by atoms with Crippen molar-refractivity contribution in [2.75, 3.05) is 32.8 Å². The van der Waals surface area contributed by atoms with Gasteiger partial charge in [-0.3, -0.25) is 4.79 Å². The Hall–Kier alpha value is -1.14. The van der Waals surface area contributed by atoms with Crippen molar-refractivity contribution < 1.29 is 19.4 Å². The van der Waals surface area contributed by atoms with Gasteiger partial charge < -0.3 is 20.1 Å². The first-order chi connectivity index (χ1) is 9.48. The maximum Gasteiger partial charge on any atom is 0.329 e. The number of nitrogens with zero attached hydrogens (tertiary/aromatic N) is 1. The number of carboxylic acid groups (broad SMARTS) is 1. The minimum atomic E-state index is -0.970. The van der Waals surface area contributed by atoms with Gasteiger partial charge in [-0.15, -0.1) is 0 Å². The molecule has 0 aromatic rings. The SMILES string of the molecule is CC1(OCC(=O)O)CN(C(=O)CCC2CCNCC2)C1. The van der Waals surface area contributed by atoms with E-state index in [-0.39, 0.29) is 12.5 Å². The number of ether oxygens (including phenoxy) is 1. The third-order valence-corrected chi connectivity index (χ3v) is 4.17. The zero-order valence-corrected chi connectivity index (χ0v) is 12.1. The van der Waals surface area contributed by atoms with E-state index in [0.29, 0.717) is 25.4 Å². The molecular weight excluding hydrogens is 260 g/mol. The predicted octanol–water partition coefficient (Wildman–Crippen LogP) is 0.468. The van der Waals surface area contributed by atoms with Crippen LogP contribution in [0.1, 0.15) is 32.6 Å². The molecule has 6 nitrogen and oxygen atoms in total. The number of hydrogen-bond acceptors (Lipinski definition) is 4. The van der Waals surface area contributed by atoms with Gasteiger partial charge in [0.15, 0.2) is 0 Å². The lowest BCUT2D eigenvalue weighted by Crippen LogP contribution is -2.63. The maximum absolute atomic E-state index is 12.0. The lowest BCUT2D eigenvalue weighted by molar-refractivity contribution is -0.173. The zero-order valence-electron chi connectivity index (χ0n) is 12.1. The number of amides is 1. The van der Waals surface area contributed by atoms with Crippen LogP contribution in [0.4, 0.5) is 0 Å². The van der Waals surface area contributed by atoms with Gasteiger partial charge in [-0.05, 0) is 45.2 Å². The summed E-state index contributed by atoms with van der Waals surface area (Å²) >= 11 is 0. The standard InChI is InChI=1S/C14H24N2O4/c1-14(20-8-13(18)19)9-16(10-14)12(17)3-2-11-4-6-15-7-5-11/h11,15H,2-10H2,1H3,(H,18,19). The van der Waals surface area contributed by atoms with E-state index >= 15 is 0 Å². The van der Waals surface area contributed by atoms with Gasteiger partial charge in [-0.2, -0.15) is 0 Å². The van der Waals surface area contributed by atoms with Crippen molar-refractivity contribution in [1.82, 2.24) is 10.2 Å². The van der Waals surface area contributed by atoms with Gasteiger partial charge >= 0.3 is 5.97 Å². The Morgan fingerprint density at radius 1 is 1.35 bits per heavy atom. The van der Waals surface area contributed by atoms with Gasteiger partial charge in [-0.1, -0.05) is 0 Å². The van der Waals surface area contributed by atoms with Crippen LogP contribution in [0.25, 0.3) is 0 Å². The normalized spacial score (nSPS) is 22.4. The molecule has 0 saturated carbocycles. The van der Waals surface area contributed by atoms with Gasteiger partial charge in [-0.25, -0.2) is 4.79 Å². The molecule has 2 N–H and O–H groups in total. The third-order valence-electron chi connectivity index (χ3n) is 4.17. The number of nitrogens with one attached hydrogen (secondary N) is 1. The van der Waals surface area contributed by atoms with Gasteiger partial charge in [0.2, 0.25) is 5.91 Å². The zero-order chi connectivity index (χ0) is 14.6. The van der Waals surface area contributed by atoms with E-state index in [1.807, 2.05) is 6.92 Å². The quantitative estimate of drug-likeness (QED) is 0.741. The topological polar surface area (TPSA) is 78.9 Å². The van der Waals surface area contributed by atoms with Crippen LogP contribution in [0, 0.1) is 5.92 Å². The Kier molecular flexibility index (Phi) is 4.99. The number of aliphatic carboxylic acids is 1. The first kappa shape index (κ1) is 15.3. The summed E-state index contributed by atoms with van der Waals surface area (Å²) in [7, 11) is 0. The van der Waals surface area contributed by atoms with Crippen molar-refractivity contribution in [2.45, 2.75) is 38.2 Å². The van der Waals surface area contributed by atoms with E-state index in [2.05, 4.69) is 5.32 Å². The van der Waals surface area contributed by atoms with E-state index in [1.165, 1.54) is 0 Å². The lowest BCUT2D eigenvalue weighted by atomic mass is 9.91. The molecule has 0 spiro atoms. The van der Waals surface area contributed by atoms with Crippen molar-refractivity contribution in [3.05, 3.63) is 0 Å². The summed E-state index contributed by atoms with van der Waals surface area (Å²) in [5.41, 5.74) is -0.483. The van der Waals surface area contributed by atoms with E-state index in [4.69, 9.17) is 9.84 Å². The number of carbonyl (C=O) groups is 2. The summed E-state index contributed by atoms with van der Waals surface area (Å²) in [6, 6.07) is 0. The summed E-state index contributed by atoms with van der Waals surface area (Å²) in [5.74, 6) is -0.141. The highest BCUT2D eigenvalue weighted by atomic mass is 16.5. The molecule has 20 heavy (non-hydrogen) atoms. The second-order valence-corrected chi connectivity index (χ2v) is 6.11. The number of hydrogen-bond donors (Lipinski definition) is 2. The van der Waals surface area contributed by atoms with E-state index < -0.39 is 11.6 Å². The van der Waals surface area contributed by atoms with E-state index in [9.17, 15) is 9.59 Å². The van der Waals surface area contributed by atoms with Gasteiger partial charge in [0, 0.05) is 6.42 Å². The van der Waals surface area contributed by atoms with Crippen LogP contribution in [0.2, 0.25) is 0 Å². The van der Waals surface area contributed by atoms with Crippen molar-refractivity contribution in [1.29, 1.82) is 0 Å². The summed E-state index contributed by atoms with van der Waals surface area (Å²) in [6.45, 7) is 4.68. The Labute approximate surface area is 119 Å². The fourth-order valence-electron chi connectivity index (χ4n) is 2.92. The molecule has 0 aliphatic carbocycles. The van der Waals surface area contributed by atoms with Crippen LogP contribution < -0.4 is 5.32 Å². The fourth-order valence-corrected chi connectivity index (χ4v) is 2.92. The molecule has 2 aliphatic rings. The van der Waals surface area contributed by atoms with Crippen molar-refractivity contribution >= 4 is 11.9 Å².